The van der Waals surface area contributed by atoms with Crippen LogP contribution in [0.25, 0.3) is 206 Å². The molecule has 0 amide bonds. The first kappa shape index (κ1) is 59.5. The standard InChI is InChI=1S/2C47H28N4S/c1-2-13-29(14-3-1)30-15-10-16-31(27-30)43-44-38(23-12-26-48-44)49-47(50-43)32-17-11-18-33(28-32)51-39-24-8-6-21-36(39)41-42-37-22-7-9-25-40(37)52-46(42)35-20-5-4-19-34(35)45(41)51;1-2-12-29(13-3-1)30-23-25-31(26-24-30)43-44-38(20-11-27-48-44)49-47(50-43)32-14-10-15-33(28-32)51-39-21-8-6-18-36(39)41-42-37-19-7-9-22-40(37)52-46(42)35-17-5-4-16-34(35)45(41)51/h2*1-28H. The Bertz CT molecular complexity index is 7240. The summed E-state index contributed by atoms with van der Waals surface area (Å²) in [7, 11) is 0. The molecule has 8 nitrogen and oxygen atoms in total. The third kappa shape index (κ3) is 9.57. The van der Waals surface area contributed by atoms with Crippen LogP contribution in [0.1, 0.15) is 0 Å². The number of hydrogen-bond donors (Lipinski definition) is 0. The van der Waals surface area contributed by atoms with Gasteiger partial charge in [-0.15, -0.1) is 22.7 Å². The molecule has 0 saturated carbocycles. The Morgan fingerprint density at radius 1 is 0.240 bits per heavy atom. The molecule has 484 valence electrons. The summed E-state index contributed by atoms with van der Waals surface area (Å²) in [5, 5.41) is 15.4. The van der Waals surface area contributed by atoms with Crippen LogP contribution in [0.3, 0.4) is 0 Å². The lowest BCUT2D eigenvalue weighted by molar-refractivity contribution is 1.17. The average molecular weight is 1360 g/mol. The third-order valence-electron chi connectivity index (χ3n) is 20.4. The highest BCUT2D eigenvalue weighted by Crippen LogP contribution is 2.51. The predicted molar refractivity (Wildman–Crippen MR) is 437 cm³/mol. The van der Waals surface area contributed by atoms with Gasteiger partial charge in [0.05, 0.1) is 33.1 Å². The van der Waals surface area contributed by atoms with Crippen LogP contribution >= 0.6 is 22.7 Å². The van der Waals surface area contributed by atoms with Crippen LogP contribution < -0.4 is 0 Å². The monoisotopic (exact) mass is 1360 g/mol. The first-order valence-corrected chi connectivity index (χ1v) is 36.5. The number of nitrogens with zero attached hydrogens (tertiary/aromatic N) is 8. The van der Waals surface area contributed by atoms with E-state index in [-0.39, 0.29) is 0 Å². The molecule has 14 aromatic carbocycles. The molecule has 0 spiro atoms. The SMILES string of the molecule is c1ccc(-c2ccc(-c3nc(-c4cccc(-n5c6ccccc6c6c7c8ccccc8sc7c7ccccc7c65)c4)nc4cccnc34)cc2)cc1.c1ccc(-c2cccc(-c3nc(-c4cccc(-n5c6ccccc6c6c7c8ccccc8sc7c7ccccc7c65)c4)nc4cccnc34)c2)cc1. The van der Waals surface area contributed by atoms with Crippen molar-refractivity contribution < 1.29 is 0 Å². The maximum Gasteiger partial charge on any atom is 0.160 e. The number of aromatic nitrogens is 8. The van der Waals surface area contributed by atoms with Crippen LogP contribution in [0.15, 0.2) is 340 Å². The van der Waals surface area contributed by atoms with Gasteiger partial charge in [0.2, 0.25) is 0 Å². The molecule has 0 aliphatic carbocycles. The summed E-state index contributed by atoms with van der Waals surface area (Å²) in [4.78, 5) is 30.2. The number of fused-ring (bicyclic) bond motifs is 22. The molecule has 0 atom stereocenters. The minimum atomic E-state index is 0.666. The molecule has 104 heavy (non-hydrogen) atoms. The second kappa shape index (κ2) is 24.2. The number of pyridine rings is 2. The highest BCUT2D eigenvalue weighted by molar-refractivity contribution is 7.27. The third-order valence-corrected chi connectivity index (χ3v) is 22.8. The van der Waals surface area contributed by atoms with E-state index in [1.165, 1.54) is 111 Å². The Hall–Kier alpha value is -13.4. The molecule has 0 saturated heterocycles. The number of thiophene rings is 2. The molecule has 22 rings (SSSR count). The molecule has 0 aliphatic rings. The fraction of sp³-hybridized carbons (Fsp3) is 0. The van der Waals surface area contributed by atoms with Crippen LogP contribution in [-0.4, -0.2) is 39.0 Å². The van der Waals surface area contributed by atoms with Gasteiger partial charge in [0.15, 0.2) is 11.6 Å². The minimum Gasteiger partial charge on any atom is -0.309 e. The summed E-state index contributed by atoms with van der Waals surface area (Å²) < 4.78 is 10.2. The maximum absolute atomic E-state index is 5.26. The largest absolute Gasteiger partial charge is 0.309 e. The minimum absolute atomic E-state index is 0.666. The lowest BCUT2D eigenvalue weighted by Crippen LogP contribution is -1.99. The summed E-state index contributed by atoms with van der Waals surface area (Å²) in [5.74, 6) is 1.33. The predicted octanol–water partition coefficient (Wildman–Crippen LogP) is 25.3. The zero-order valence-electron chi connectivity index (χ0n) is 55.7. The lowest BCUT2D eigenvalue weighted by Gasteiger charge is -2.13. The molecule has 0 radical (unpaired) electrons. The van der Waals surface area contributed by atoms with E-state index >= 15 is 0 Å². The normalized spacial score (nSPS) is 11.8. The first-order chi connectivity index (χ1) is 51.6. The smallest absolute Gasteiger partial charge is 0.160 e. The Morgan fingerprint density at radius 2 is 0.615 bits per heavy atom. The molecule has 22 aromatic rings. The highest BCUT2D eigenvalue weighted by atomic mass is 32.1. The molecule has 0 aliphatic heterocycles. The van der Waals surface area contributed by atoms with Crippen LogP contribution in [0, 0.1) is 0 Å². The van der Waals surface area contributed by atoms with Crippen LogP contribution in [-0.2, 0) is 0 Å². The molecule has 10 heteroatoms. The fourth-order valence-corrected chi connectivity index (χ4v) is 18.4. The first-order valence-electron chi connectivity index (χ1n) is 34.9. The average Bonchev–Trinajstić information content (AvgIpc) is 1.56. The quantitative estimate of drug-likeness (QED) is 0.151. The maximum atomic E-state index is 5.26. The molecule has 0 N–H and O–H groups in total. The molecular formula is C94H56N8S2. The van der Waals surface area contributed by atoms with Gasteiger partial charge in [-0.3, -0.25) is 9.97 Å². The second-order valence-electron chi connectivity index (χ2n) is 26.4. The van der Waals surface area contributed by atoms with Gasteiger partial charge < -0.3 is 9.13 Å². The number of para-hydroxylation sites is 2. The Morgan fingerprint density at radius 3 is 1.12 bits per heavy atom. The van der Waals surface area contributed by atoms with Gasteiger partial charge in [0.25, 0.3) is 0 Å². The van der Waals surface area contributed by atoms with Gasteiger partial charge in [0.1, 0.15) is 22.4 Å². The summed E-state index contributed by atoms with van der Waals surface area (Å²) in [5.41, 5.74) is 20.3. The van der Waals surface area contributed by atoms with Gasteiger partial charge in [-0.2, -0.15) is 0 Å². The van der Waals surface area contributed by atoms with Crippen molar-refractivity contribution in [3.8, 4) is 78.9 Å². The van der Waals surface area contributed by atoms with Crippen molar-refractivity contribution in [3.05, 3.63) is 340 Å². The molecule has 0 unspecified atom stereocenters. The summed E-state index contributed by atoms with van der Waals surface area (Å²) in [6.07, 6.45) is 3.63. The van der Waals surface area contributed by atoms with E-state index < -0.39 is 0 Å². The van der Waals surface area contributed by atoms with Crippen LogP contribution in [0.4, 0.5) is 0 Å². The number of benzene rings is 14. The molecule has 8 aromatic heterocycles. The van der Waals surface area contributed by atoms with Crippen molar-refractivity contribution in [2.45, 2.75) is 0 Å². The van der Waals surface area contributed by atoms with Crippen molar-refractivity contribution in [2.75, 3.05) is 0 Å². The molecule has 0 bridgehead atoms. The van der Waals surface area contributed by atoms with Crippen molar-refractivity contribution in [3.63, 3.8) is 0 Å². The van der Waals surface area contributed by atoms with Gasteiger partial charge in [0, 0.05) is 129 Å². The van der Waals surface area contributed by atoms with Gasteiger partial charge >= 0.3 is 0 Å². The molecular weight excluding hydrogens is 1310 g/mol. The van der Waals surface area contributed by atoms with Crippen LogP contribution in [0.2, 0.25) is 0 Å². The number of hydrogen-bond acceptors (Lipinski definition) is 8. The topological polar surface area (TPSA) is 87.2 Å². The zero-order valence-corrected chi connectivity index (χ0v) is 57.4. The van der Waals surface area contributed by atoms with E-state index in [0.717, 1.165) is 83.8 Å². The number of rotatable bonds is 8. The Labute approximate surface area is 604 Å². The summed E-state index contributed by atoms with van der Waals surface area (Å²) >= 11 is 3.78. The Balaban J connectivity index is 0.000000134. The lowest BCUT2D eigenvalue weighted by atomic mass is 10.00. The van der Waals surface area contributed by atoms with E-state index in [1.807, 2.05) is 71.5 Å². The van der Waals surface area contributed by atoms with E-state index in [9.17, 15) is 0 Å². The van der Waals surface area contributed by atoms with Crippen molar-refractivity contribution in [2.24, 2.45) is 0 Å². The van der Waals surface area contributed by atoms with Crippen LogP contribution in [0.5, 0.6) is 0 Å². The summed E-state index contributed by atoms with van der Waals surface area (Å²) in [6, 6.07) is 116. The van der Waals surface area contributed by atoms with E-state index in [4.69, 9.17) is 29.9 Å². The van der Waals surface area contributed by atoms with Gasteiger partial charge in [-0.25, -0.2) is 19.9 Å². The van der Waals surface area contributed by atoms with E-state index in [2.05, 4.69) is 300 Å². The van der Waals surface area contributed by atoms with E-state index in [1.54, 1.807) is 0 Å². The zero-order chi connectivity index (χ0) is 68.3. The second-order valence-corrected chi connectivity index (χ2v) is 28.5. The van der Waals surface area contributed by atoms with Gasteiger partial charge in [-0.05, 0) is 101 Å². The van der Waals surface area contributed by atoms with Crippen molar-refractivity contribution in [1.29, 1.82) is 0 Å². The molecule has 0 fully saturated rings. The highest BCUT2D eigenvalue weighted by Gasteiger charge is 2.25. The van der Waals surface area contributed by atoms with Crippen molar-refractivity contribution >= 4 is 150 Å². The van der Waals surface area contributed by atoms with Crippen molar-refractivity contribution in [1.82, 2.24) is 39.0 Å². The van der Waals surface area contributed by atoms with Gasteiger partial charge in [-0.1, -0.05) is 249 Å². The fourth-order valence-electron chi connectivity index (χ4n) is 15.9. The Kier molecular flexibility index (Phi) is 13.8. The van der Waals surface area contributed by atoms with E-state index in [0.29, 0.717) is 11.6 Å². The summed E-state index contributed by atoms with van der Waals surface area (Å²) in [6.45, 7) is 0. The molecule has 8 heterocycles.